The molecule has 0 aromatic heterocycles. The fraction of sp³-hybridized carbons (Fsp3) is 0.667. The van der Waals surface area contributed by atoms with Crippen LogP contribution in [0.15, 0.2) is 29.3 Å². The second-order valence-electron chi connectivity index (χ2n) is 8.58. The number of nitrogens with zero attached hydrogens (tertiary/aromatic N) is 3. The van der Waals surface area contributed by atoms with E-state index in [1.807, 2.05) is 0 Å². The number of morpholine rings is 1. The van der Waals surface area contributed by atoms with Gasteiger partial charge in [0.15, 0.2) is 5.96 Å². The lowest BCUT2D eigenvalue weighted by atomic mass is 9.93. The van der Waals surface area contributed by atoms with E-state index in [2.05, 4.69) is 58.5 Å². The number of piperidine rings is 1. The third kappa shape index (κ3) is 6.94. The van der Waals surface area contributed by atoms with Gasteiger partial charge in [0.25, 0.3) is 0 Å². The van der Waals surface area contributed by atoms with E-state index < -0.39 is 0 Å². The number of carbonyl (C=O) groups is 1. The number of carbonyl (C=O) groups excluding carboxylic acids is 1. The average molecular weight is 430 g/mol. The first kappa shape index (κ1) is 23.5. The topological polar surface area (TPSA) is 69.2 Å². The zero-order chi connectivity index (χ0) is 22.1. The second kappa shape index (κ2) is 12.1. The monoisotopic (exact) mass is 429 g/mol. The van der Waals surface area contributed by atoms with E-state index in [1.54, 1.807) is 7.05 Å². The molecule has 1 aromatic rings. The summed E-state index contributed by atoms with van der Waals surface area (Å²) >= 11 is 0. The molecule has 31 heavy (non-hydrogen) atoms. The minimum Gasteiger partial charge on any atom is -0.379 e. The lowest BCUT2D eigenvalue weighted by Crippen LogP contribution is -2.46. The molecule has 3 rings (SSSR count). The highest BCUT2D eigenvalue weighted by molar-refractivity contribution is 5.80. The number of hydrogen-bond donors (Lipinski definition) is 2. The van der Waals surface area contributed by atoms with Crippen molar-refractivity contribution in [3.8, 4) is 0 Å². The molecule has 2 fully saturated rings. The molecule has 7 nitrogen and oxygen atoms in total. The fourth-order valence-electron chi connectivity index (χ4n) is 4.42. The fourth-order valence-corrected chi connectivity index (χ4v) is 4.42. The van der Waals surface area contributed by atoms with E-state index in [0.717, 1.165) is 71.3 Å². The molecule has 2 aliphatic rings. The van der Waals surface area contributed by atoms with E-state index in [-0.39, 0.29) is 11.9 Å². The van der Waals surface area contributed by atoms with Crippen LogP contribution in [0.3, 0.4) is 0 Å². The second-order valence-corrected chi connectivity index (χ2v) is 8.58. The van der Waals surface area contributed by atoms with Crippen LogP contribution < -0.4 is 10.6 Å². The van der Waals surface area contributed by atoms with Crippen LogP contribution in [-0.2, 0) is 9.53 Å². The number of hydrogen-bond acceptors (Lipinski definition) is 4. The summed E-state index contributed by atoms with van der Waals surface area (Å²) in [6.45, 7) is 11.2. The van der Waals surface area contributed by atoms with Crippen LogP contribution in [0.2, 0.25) is 0 Å². The van der Waals surface area contributed by atoms with Crippen molar-refractivity contribution < 1.29 is 9.53 Å². The molecule has 1 aromatic carbocycles. The number of likely N-dealkylation sites (tertiary alicyclic amines) is 1. The molecule has 2 saturated heterocycles. The predicted octanol–water partition coefficient (Wildman–Crippen LogP) is 2.18. The maximum absolute atomic E-state index is 11.7. The molecule has 7 heteroatoms. The van der Waals surface area contributed by atoms with Crippen molar-refractivity contribution in [3.05, 3.63) is 35.4 Å². The van der Waals surface area contributed by atoms with Crippen molar-refractivity contribution in [2.45, 2.75) is 39.2 Å². The highest BCUT2D eigenvalue weighted by atomic mass is 16.5. The standard InChI is InChI=1S/C24H39N5O2/c1-4-26-24(29-11-9-20(10-12-29)17-23(30)25-3)27-18-22(28-13-15-31-16-14-28)21-7-5-19(2)6-8-21/h5-8,20,22H,4,9-18H2,1-3H3,(H,25,30)(H,26,27). The number of guanidine groups is 1. The Hall–Kier alpha value is -2.12. The van der Waals surface area contributed by atoms with E-state index in [4.69, 9.17) is 9.73 Å². The Balaban J connectivity index is 1.68. The number of aliphatic imine (C=N–C) groups is 1. The van der Waals surface area contributed by atoms with Gasteiger partial charge in [0, 0.05) is 46.2 Å². The molecule has 1 unspecified atom stereocenters. The summed E-state index contributed by atoms with van der Waals surface area (Å²) in [4.78, 5) is 21.6. The normalized spacial score (nSPS) is 19.8. The number of benzene rings is 1. The number of ether oxygens (including phenoxy) is 1. The zero-order valence-electron chi connectivity index (χ0n) is 19.4. The molecule has 1 atom stereocenters. The smallest absolute Gasteiger partial charge is 0.220 e. The quantitative estimate of drug-likeness (QED) is 0.514. The van der Waals surface area contributed by atoms with Crippen LogP contribution in [0.1, 0.15) is 43.4 Å². The van der Waals surface area contributed by atoms with Crippen molar-refractivity contribution >= 4 is 11.9 Å². The number of amides is 1. The van der Waals surface area contributed by atoms with E-state index in [1.165, 1.54) is 11.1 Å². The summed E-state index contributed by atoms with van der Waals surface area (Å²) in [6.07, 6.45) is 2.69. The number of rotatable bonds is 7. The molecule has 0 radical (unpaired) electrons. The summed E-state index contributed by atoms with van der Waals surface area (Å²) < 4.78 is 5.58. The highest BCUT2D eigenvalue weighted by Crippen LogP contribution is 2.24. The summed E-state index contributed by atoms with van der Waals surface area (Å²) in [5.74, 6) is 1.60. The van der Waals surface area contributed by atoms with Crippen LogP contribution in [0.4, 0.5) is 0 Å². The van der Waals surface area contributed by atoms with Crippen molar-refractivity contribution in [1.29, 1.82) is 0 Å². The molecule has 0 saturated carbocycles. The van der Waals surface area contributed by atoms with Gasteiger partial charge >= 0.3 is 0 Å². The summed E-state index contributed by atoms with van der Waals surface area (Å²) in [7, 11) is 1.71. The third-order valence-electron chi connectivity index (χ3n) is 6.36. The third-order valence-corrected chi connectivity index (χ3v) is 6.36. The maximum atomic E-state index is 11.7. The molecule has 2 N–H and O–H groups in total. The molecule has 0 aliphatic carbocycles. The molecule has 2 aliphatic heterocycles. The first-order valence-corrected chi connectivity index (χ1v) is 11.7. The Bertz CT molecular complexity index is 707. The van der Waals surface area contributed by atoms with Crippen LogP contribution in [0.25, 0.3) is 0 Å². The highest BCUT2D eigenvalue weighted by Gasteiger charge is 2.25. The van der Waals surface area contributed by atoms with Gasteiger partial charge in [0.1, 0.15) is 0 Å². The first-order chi connectivity index (χ1) is 15.1. The Morgan fingerprint density at radius 3 is 2.45 bits per heavy atom. The van der Waals surface area contributed by atoms with Gasteiger partial charge in [-0.25, -0.2) is 0 Å². The summed E-state index contributed by atoms with van der Waals surface area (Å²) in [6, 6.07) is 9.11. The Morgan fingerprint density at radius 1 is 1.16 bits per heavy atom. The van der Waals surface area contributed by atoms with Gasteiger partial charge in [-0.1, -0.05) is 29.8 Å². The predicted molar refractivity (Wildman–Crippen MR) is 125 cm³/mol. The largest absolute Gasteiger partial charge is 0.379 e. The van der Waals surface area contributed by atoms with Crippen LogP contribution >= 0.6 is 0 Å². The number of nitrogens with one attached hydrogen (secondary N) is 2. The minimum absolute atomic E-state index is 0.144. The summed E-state index contributed by atoms with van der Waals surface area (Å²) in [5.41, 5.74) is 2.59. The van der Waals surface area contributed by atoms with Gasteiger partial charge in [-0.15, -0.1) is 0 Å². The average Bonchev–Trinajstić information content (AvgIpc) is 2.81. The maximum Gasteiger partial charge on any atom is 0.220 e. The molecular formula is C24H39N5O2. The van der Waals surface area contributed by atoms with Gasteiger partial charge in [-0.05, 0) is 38.2 Å². The van der Waals surface area contributed by atoms with E-state index in [0.29, 0.717) is 12.3 Å². The van der Waals surface area contributed by atoms with Crippen molar-refractivity contribution in [1.82, 2.24) is 20.4 Å². The Kier molecular flexibility index (Phi) is 9.15. The van der Waals surface area contributed by atoms with Gasteiger partial charge in [0.2, 0.25) is 5.91 Å². The molecule has 172 valence electrons. The summed E-state index contributed by atoms with van der Waals surface area (Å²) in [5, 5.41) is 6.24. The van der Waals surface area contributed by atoms with Crippen molar-refractivity contribution in [2.24, 2.45) is 10.9 Å². The molecular weight excluding hydrogens is 390 g/mol. The SMILES string of the molecule is CCNC(=NCC(c1ccc(C)cc1)N1CCOCC1)N1CCC(CC(=O)NC)CC1. The van der Waals surface area contributed by atoms with Gasteiger partial charge in [0.05, 0.1) is 25.8 Å². The zero-order valence-corrected chi connectivity index (χ0v) is 19.4. The van der Waals surface area contributed by atoms with E-state index in [9.17, 15) is 4.79 Å². The molecule has 1 amide bonds. The van der Waals surface area contributed by atoms with E-state index >= 15 is 0 Å². The van der Waals surface area contributed by atoms with Crippen molar-refractivity contribution in [2.75, 3.05) is 59.5 Å². The van der Waals surface area contributed by atoms with Crippen LogP contribution in [0.5, 0.6) is 0 Å². The first-order valence-electron chi connectivity index (χ1n) is 11.7. The van der Waals surface area contributed by atoms with Gasteiger partial charge < -0.3 is 20.3 Å². The molecule has 2 heterocycles. The lowest BCUT2D eigenvalue weighted by Gasteiger charge is -2.36. The molecule has 0 bridgehead atoms. The van der Waals surface area contributed by atoms with Gasteiger partial charge in [-0.2, -0.15) is 0 Å². The number of aryl methyl sites for hydroxylation is 1. The van der Waals surface area contributed by atoms with Crippen LogP contribution in [-0.4, -0.2) is 81.2 Å². The molecule has 0 spiro atoms. The van der Waals surface area contributed by atoms with Crippen LogP contribution in [0, 0.1) is 12.8 Å². The Labute approximate surface area is 187 Å². The van der Waals surface area contributed by atoms with Gasteiger partial charge in [-0.3, -0.25) is 14.7 Å². The van der Waals surface area contributed by atoms with Crippen molar-refractivity contribution in [3.63, 3.8) is 0 Å². The lowest BCUT2D eigenvalue weighted by molar-refractivity contribution is -0.121. The minimum atomic E-state index is 0.144. The Morgan fingerprint density at radius 2 is 1.84 bits per heavy atom.